The van der Waals surface area contributed by atoms with Gasteiger partial charge in [0.05, 0.1) is 21.1 Å². The van der Waals surface area contributed by atoms with Gasteiger partial charge in [-0.3, -0.25) is 14.3 Å². The molecule has 0 bridgehead atoms. The van der Waals surface area contributed by atoms with Crippen LogP contribution < -0.4 is 0 Å². The van der Waals surface area contributed by atoms with Crippen LogP contribution in [0.2, 0.25) is 0 Å². The van der Waals surface area contributed by atoms with Crippen LogP contribution in [-0.2, 0) is 15.6 Å². The summed E-state index contributed by atoms with van der Waals surface area (Å²) in [6.07, 6.45) is -1.82. The summed E-state index contributed by atoms with van der Waals surface area (Å²) in [5.74, 6) is -1.77. The fraction of sp³-hybridized carbons (Fsp3) is 0.300. The molecule has 3 unspecified atom stereocenters. The first-order valence-electron chi connectivity index (χ1n) is 5.00. The van der Waals surface area contributed by atoms with E-state index >= 15 is 0 Å². The summed E-state index contributed by atoms with van der Waals surface area (Å²) in [5, 5.41) is 26.9. The minimum atomic E-state index is -1.82. The summed E-state index contributed by atoms with van der Waals surface area (Å²) < 4.78 is 11.8. The maximum absolute atomic E-state index is 11.8. The van der Waals surface area contributed by atoms with Crippen LogP contribution in [0.3, 0.4) is 0 Å². The first-order valence-corrected chi connectivity index (χ1v) is 6.76. The van der Waals surface area contributed by atoms with E-state index in [1.165, 1.54) is 24.3 Å². The molecule has 19 heavy (non-hydrogen) atoms. The van der Waals surface area contributed by atoms with Gasteiger partial charge in [0.2, 0.25) is 0 Å². The zero-order chi connectivity index (χ0) is 14.6. The Bertz CT molecular complexity index is 505. The zero-order valence-electron chi connectivity index (χ0n) is 9.43. The van der Waals surface area contributed by atoms with Crippen molar-refractivity contribution in [2.24, 2.45) is 0 Å². The number of aliphatic hydroxyl groups is 1. The molecule has 0 amide bonds. The number of hydrogen-bond acceptors (Lipinski definition) is 5. The summed E-state index contributed by atoms with van der Waals surface area (Å²) in [4.78, 5) is 20.6. The smallest absolute Gasteiger partial charge is 0.334 e. The lowest BCUT2D eigenvalue weighted by atomic mass is 10.3. The van der Waals surface area contributed by atoms with E-state index in [-0.39, 0.29) is 16.3 Å². The van der Waals surface area contributed by atoms with Gasteiger partial charge >= 0.3 is 5.97 Å². The van der Waals surface area contributed by atoms with Crippen molar-refractivity contribution in [3.63, 3.8) is 0 Å². The van der Waals surface area contributed by atoms with Crippen molar-refractivity contribution in [2.75, 3.05) is 5.75 Å². The molecule has 2 N–H and O–H groups in total. The fourth-order valence-electron chi connectivity index (χ4n) is 1.21. The summed E-state index contributed by atoms with van der Waals surface area (Å²) in [5.41, 5.74) is -0.145. The summed E-state index contributed by atoms with van der Waals surface area (Å²) in [6, 6.07) is 4.96. The number of benzene rings is 1. The molecular formula is C10H10ClNO6S. The molecule has 1 aromatic rings. The minimum Gasteiger partial charge on any atom is -0.479 e. The van der Waals surface area contributed by atoms with Gasteiger partial charge in [0.15, 0.2) is 6.10 Å². The number of rotatable bonds is 6. The van der Waals surface area contributed by atoms with E-state index in [9.17, 15) is 19.1 Å². The highest BCUT2D eigenvalue weighted by molar-refractivity contribution is 7.85. The highest BCUT2D eigenvalue weighted by atomic mass is 35.5. The molecule has 0 fully saturated rings. The van der Waals surface area contributed by atoms with E-state index in [2.05, 4.69) is 0 Å². The van der Waals surface area contributed by atoms with Gasteiger partial charge in [0.1, 0.15) is 0 Å². The van der Waals surface area contributed by atoms with Crippen LogP contribution in [-0.4, -0.2) is 42.5 Å². The summed E-state index contributed by atoms with van der Waals surface area (Å²) in [7, 11) is -1.65. The lowest BCUT2D eigenvalue weighted by Crippen LogP contribution is -2.33. The average molecular weight is 308 g/mol. The maximum atomic E-state index is 11.8. The van der Waals surface area contributed by atoms with E-state index in [4.69, 9.17) is 21.8 Å². The van der Waals surface area contributed by atoms with Crippen LogP contribution in [0.5, 0.6) is 0 Å². The number of nitro groups is 1. The van der Waals surface area contributed by atoms with Crippen LogP contribution in [0, 0.1) is 10.1 Å². The molecule has 0 aliphatic heterocycles. The van der Waals surface area contributed by atoms with Crippen molar-refractivity contribution in [2.45, 2.75) is 16.4 Å². The number of aliphatic carboxylic acids is 1. The molecule has 0 heterocycles. The molecule has 7 nitrogen and oxygen atoms in total. The number of carboxylic acid groups (broad SMARTS) is 1. The van der Waals surface area contributed by atoms with Crippen molar-refractivity contribution in [3.05, 3.63) is 34.4 Å². The topological polar surface area (TPSA) is 118 Å². The van der Waals surface area contributed by atoms with Gasteiger partial charge in [-0.2, -0.15) is 0 Å². The van der Waals surface area contributed by atoms with E-state index in [0.29, 0.717) is 0 Å². The van der Waals surface area contributed by atoms with E-state index < -0.39 is 33.2 Å². The monoisotopic (exact) mass is 307 g/mol. The van der Waals surface area contributed by atoms with Crippen molar-refractivity contribution in [3.8, 4) is 0 Å². The molecule has 0 saturated carbocycles. The number of halogens is 1. The van der Waals surface area contributed by atoms with Crippen LogP contribution in [0.1, 0.15) is 0 Å². The Morgan fingerprint density at radius 2 is 1.95 bits per heavy atom. The van der Waals surface area contributed by atoms with Crippen molar-refractivity contribution >= 4 is 34.1 Å². The molecule has 0 spiro atoms. The number of hydrogen-bond donors (Lipinski definition) is 2. The van der Waals surface area contributed by atoms with E-state index in [1.807, 2.05) is 0 Å². The Morgan fingerprint density at radius 3 is 2.37 bits per heavy atom. The molecule has 0 saturated heterocycles. The van der Waals surface area contributed by atoms with Crippen molar-refractivity contribution < 1.29 is 24.1 Å². The Labute approximate surface area is 115 Å². The number of alkyl halides is 1. The van der Waals surface area contributed by atoms with Gasteiger partial charge < -0.3 is 10.2 Å². The molecule has 3 atom stereocenters. The Hall–Kier alpha value is -1.51. The third kappa shape index (κ3) is 4.27. The van der Waals surface area contributed by atoms with Crippen molar-refractivity contribution in [1.29, 1.82) is 0 Å². The third-order valence-corrected chi connectivity index (χ3v) is 4.25. The van der Waals surface area contributed by atoms with E-state index in [0.717, 1.165) is 0 Å². The fourth-order valence-corrected chi connectivity index (χ4v) is 2.76. The van der Waals surface area contributed by atoms with E-state index in [1.54, 1.807) is 0 Å². The maximum Gasteiger partial charge on any atom is 0.334 e. The van der Waals surface area contributed by atoms with Crippen LogP contribution in [0.25, 0.3) is 0 Å². The van der Waals surface area contributed by atoms with Crippen LogP contribution in [0.4, 0.5) is 5.69 Å². The second kappa shape index (κ2) is 6.60. The highest BCUT2D eigenvalue weighted by Crippen LogP contribution is 2.17. The zero-order valence-corrected chi connectivity index (χ0v) is 11.0. The quantitative estimate of drug-likeness (QED) is 0.455. The largest absolute Gasteiger partial charge is 0.479 e. The van der Waals surface area contributed by atoms with Gasteiger partial charge in [0.25, 0.3) is 5.69 Å². The summed E-state index contributed by atoms with van der Waals surface area (Å²) in [6.45, 7) is 0. The lowest BCUT2D eigenvalue weighted by Gasteiger charge is -2.12. The molecule has 0 radical (unpaired) electrons. The predicted octanol–water partition coefficient (Wildman–Crippen LogP) is 0.755. The van der Waals surface area contributed by atoms with Crippen molar-refractivity contribution in [1.82, 2.24) is 0 Å². The van der Waals surface area contributed by atoms with Crippen LogP contribution >= 0.6 is 11.6 Å². The molecule has 0 aliphatic rings. The molecule has 1 aromatic carbocycles. The van der Waals surface area contributed by atoms with Gasteiger partial charge in [-0.15, -0.1) is 11.6 Å². The standard InChI is InChI=1S/C10H10ClNO6S/c11-8(9(13)10(14)15)5-19(18)7-3-1-6(2-4-7)12(16)17/h1-4,8-9,13H,5H2,(H,14,15). The molecule has 0 aromatic heterocycles. The third-order valence-electron chi connectivity index (χ3n) is 2.22. The first kappa shape index (κ1) is 15.5. The molecule has 104 valence electrons. The van der Waals surface area contributed by atoms with Gasteiger partial charge in [-0.1, -0.05) is 0 Å². The molecule has 0 aliphatic carbocycles. The van der Waals surface area contributed by atoms with Gasteiger partial charge in [-0.05, 0) is 12.1 Å². The first-order chi connectivity index (χ1) is 8.82. The number of non-ortho nitro benzene ring substituents is 1. The number of nitrogens with zero attached hydrogens (tertiary/aromatic N) is 1. The normalized spacial score (nSPS) is 15.5. The number of carbonyl (C=O) groups is 1. The second-order valence-electron chi connectivity index (χ2n) is 3.56. The molecule has 9 heteroatoms. The van der Waals surface area contributed by atoms with Crippen LogP contribution in [0.15, 0.2) is 29.2 Å². The second-order valence-corrected chi connectivity index (χ2v) is 5.62. The average Bonchev–Trinajstić information content (AvgIpc) is 2.37. The molecular weight excluding hydrogens is 298 g/mol. The Morgan fingerprint density at radius 1 is 1.42 bits per heavy atom. The highest BCUT2D eigenvalue weighted by Gasteiger charge is 2.26. The molecule has 1 rings (SSSR count). The van der Waals surface area contributed by atoms with Gasteiger partial charge in [0, 0.05) is 22.8 Å². The Kier molecular flexibility index (Phi) is 5.40. The SMILES string of the molecule is O=C(O)C(O)C(Cl)CS(=O)c1ccc([N+](=O)[O-])cc1. The summed E-state index contributed by atoms with van der Waals surface area (Å²) >= 11 is 5.62. The van der Waals surface area contributed by atoms with Gasteiger partial charge in [-0.25, -0.2) is 4.79 Å². The number of aliphatic hydroxyl groups excluding tert-OH is 1. The number of carboxylic acids is 1. The minimum absolute atomic E-state index is 0.145. The predicted molar refractivity (Wildman–Crippen MR) is 67.7 cm³/mol. The number of nitro benzene ring substituents is 1. The lowest BCUT2D eigenvalue weighted by molar-refractivity contribution is -0.384. The Balaban J connectivity index is 2.73.